The number of hydrogen-bond donors (Lipinski definition) is 1. The number of aryl methyl sites for hydroxylation is 2. The lowest BCUT2D eigenvalue weighted by Crippen LogP contribution is -2.11. The van der Waals surface area contributed by atoms with E-state index in [0.29, 0.717) is 17.6 Å². The Labute approximate surface area is 140 Å². The molecule has 0 bridgehead atoms. The smallest absolute Gasteiger partial charge is 0.255 e. The molecule has 24 heavy (non-hydrogen) atoms. The minimum Gasteiger partial charge on any atom is -0.453 e. The van der Waals surface area contributed by atoms with Crippen molar-refractivity contribution in [2.24, 2.45) is 0 Å². The molecule has 3 rings (SSSR count). The molecule has 0 aliphatic carbocycles. The van der Waals surface area contributed by atoms with Gasteiger partial charge in [-0.3, -0.25) is 9.59 Å². The van der Waals surface area contributed by atoms with E-state index in [1.807, 2.05) is 26.0 Å². The molecule has 0 fully saturated rings. The van der Waals surface area contributed by atoms with Crippen molar-refractivity contribution in [3.05, 3.63) is 77.0 Å². The molecule has 1 amide bonds. The Morgan fingerprint density at radius 3 is 2.21 bits per heavy atom. The van der Waals surface area contributed by atoms with E-state index in [1.54, 1.807) is 36.4 Å². The van der Waals surface area contributed by atoms with Crippen LogP contribution in [0.2, 0.25) is 0 Å². The van der Waals surface area contributed by atoms with E-state index >= 15 is 0 Å². The number of furan rings is 1. The summed E-state index contributed by atoms with van der Waals surface area (Å²) < 4.78 is 5.37. The number of hydrogen-bond acceptors (Lipinski definition) is 3. The fourth-order valence-corrected chi connectivity index (χ4v) is 2.61. The van der Waals surface area contributed by atoms with Gasteiger partial charge in [0.05, 0.1) is 0 Å². The van der Waals surface area contributed by atoms with Crippen LogP contribution in [0.15, 0.2) is 59.0 Å². The highest BCUT2D eigenvalue weighted by atomic mass is 16.3. The summed E-state index contributed by atoms with van der Waals surface area (Å²) in [4.78, 5) is 23.0. The van der Waals surface area contributed by atoms with Crippen LogP contribution in [0.5, 0.6) is 0 Å². The molecular weight excluding hydrogens is 302 g/mol. The summed E-state index contributed by atoms with van der Waals surface area (Å²) >= 11 is 0. The summed E-state index contributed by atoms with van der Waals surface area (Å²) in [6.45, 7) is 3.99. The van der Waals surface area contributed by atoms with Crippen LogP contribution in [0.4, 0.5) is 5.69 Å². The summed E-state index contributed by atoms with van der Waals surface area (Å²) in [5, 5.41) is 2.90. The standard InChI is InChI=1S/C20H17NO3/c1-13-9-14(2)11-17(10-13)21-20(23)16-5-3-15(4-6-16)19-8-7-18(12-22)24-19/h3-12H,1-2H3,(H,21,23). The Balaban J connectivity index is 1.77. The Bertz CT molecular complexity index is 871. The summed E-state index contributed by atoms with van der Waals surface area (Å²) in [7, 11) is 0. The molecule has 0 aliphatic heterocycles. The van der Waals surface area contributed by atoms with Crippen LogP contribution in [-0.2, 0) is 0 Å². The van der Waals surface area contributed by atoms with Gasteiger partial charge in [0.25, 0.3) is 5.91 Å². The third-order valence-electron chi connectivity index (χ3n) is 3.65. The summed E-state index contributed by atoms with van der Waals surface area (Å²) in [6, 6.07) is 16.3. The van der Waals surface area contributed by atoms with Gasteiger partial charge >= 0.3 is 0 Å². The fourth-order valence-electron chi connectivity index (χ4n) is 2.61. The molecule has 0 aliphatic rings. The number of amides is 1. The molecule has 3 aromatic rings. The van der Waals surface area contributed by atoms with Crippen LogP contribution in [0, 0.1) is 13.8 Å². The van der Waals surface area contributed by atoms with Crippen LogP contribution < -0.4 is 5.32 Å². The van der Waals surface area contributed by atoms with Crippen molar-refractivity contribution < 1.29 is 14.0 Å². The minimum atomic E-state index is -0.167. The van der Waals surface area contributed by atoms with Gasteiger partial charge in [-0.2, -0.15) is 0 Å². The number of aldehydes is 1. The Morgan fingerprint density at radius 1 is 0.958 bits per heavy atom. The first-order valence-electron chi connectivity index (χ1n) is 7.60. The number of carbonyl (C=O) groups excluding carboxylic acids is 2. The molecule has 120 valence electrons. The van der Waals surface area contributed by atoms with Crippen LogP contribution in [0.3, 0.4) is 0 Å². The zero-order chi connectivity index (χ0) is 17.1. The number of carbonyl (C=O) groups is 2. The van der Waals surface area contributed by atoms with Gasteiger partial charge in [0, 0.05) is 16.8 Å². The molecule has 4 nitrogen and oxygen atoms in total. The quantitative estimate of drug-likeness (QED) is 0.713. The normalized spacial score (nSPS) is 10.4. The third-order valence-corrected chi connectivity index (χ3v) is 3.65. The molecule has 1 N–H and O–H groups in total. The largest absolute Gasteiger partial charge is 0.453 e. The molecule has 0 unspecified atom stereocenters. The average Bonchev–Trinajstić information content (AvgIpc) is 3.03. The SMILES string of the molecule is Cc1cc(C)cc(NC(=O)c2ccc(-c3ccc(C=O)o3)cc2)c1. The minimum absolute atomic E-state index is 0.167. The molecule has 0 radical (unpaired) electrons. The lowest BCUT2D eigenvalue weighted by atomic mass is 10.1. The second-order valence-electron chi connectivity index (χ2n) is 5.73. The first kappa shape index (κ1) is 15.7. The zero-order valence-electron chi connectivity index (χ0n) is 13.5. The van der Waals surface area contributed by atoms with Gasteiger partial charge in [-0.25, -0.2) is 0 Å². The second-order valence-corrected chi connectivity index (χ2v) is 5.73. The van der Waals surface area contributed by atoms with Crippen molar-refractivity contribution in [2.75, 3.05) is 5.32 Å². The van der Waals surface area contributed by atoms with E-state index in [2.05, 4.69) is 11.4 Å². The maximum atomic E-state index is 12.4. The third kappa shape index (κ3) is 3.43. The fraction of sp³-hybridized carbons (Fsp3) is 0.100. The van der Waals surface area contributed by atoms with E-state index < -0.39 is 0 Å². The number of nitrogens with one attached hydrogen (secondary N) is 1. The molecule has 2 aromatic carbocycles. The van der Waals surface area contributed by atoms with Crippen molar-refractivity contribution >= 4 is 17.9 Å². The highest BCUT2D eigenvalue weighted by molar-refractivity contribution is 6.04. The van der Waals surface area contributed by atoms with E-state index in [4.69, 9.17) is 4.42 Å². The van der Waals surface area contributed by atoms with Crippen molar-refractivity contribution in [3.8, 4) is 11.3 Å². The first-order chi connectivity index (χ1) is 11.5. The monoisotopic (exact) mass is 319 g/mol. The molecule has 1 aromatic heterocycles. The van der Waals surface area contributed by atoms with Gasteiger partial charge in [0.1, 0.15) is 5.76 Å². The predicted octanol–water partition coefficient (Wildman–Crippen LogP) is 4.63. The molecule has 0 saturated heterocycles. The van der Waals surface area contributed by atoms with Crippen LogP contribution in [-0.4, -0.2) is 12.2 Å². The predicted molar refractivity (Wildman–Crippen MR) is 93.4 cm³/mol. The van der Waals surface area contributed by atoms with Crippen LogP contribution in [0.25, 0.3) is 11.3 Å². The summed E-state index contributed by atoms with van der Waals surface area (Å²) in [5.74, 6) is 0.708. The van der Waals surface area contributed by atoms with Gasteiger partial charge in [-0.1, -0.05) is 18.2 Å². The van der Waals surface area contributed by atoms with E-state index in [0.717, 1.165) is 22.4 Å². The van der Waals surface area contributed by atoms with Crippen molar-refractivity contribution in [2.45, 2.75) is 13.8 Å². The van der Waals surface area contributed by atoms with E-state index in [9.17, 15) is 9.59 Å². The molecule has 0 atom stereocenters. The van der Waals surface area contributed by atoms with Gasteiger partial charge < -0.3 is 9.73 Å². The zero-order valence-corrected chi connectivity index (χ0v) is 13.5. The lowest BCUT2D eigenvalue weighted by molar-refractivity contribution is 0.102. The number of benzene rings is 2. The number of rotatable bonds is 4. The van der Waals surface area contributed by atoms with E-state index in [1.165, 1.54) is 0 Å². The highest BCUT2D eigenvalue weighted by Crippen LogP contribution is 2.22. The van der Waals surface area contributed by atoms with Gasteiger partial charge in [-0.15, -0.1) is 0 Å². The van der Waals surface area contributed by atoms with Crippen LogP contribution >= 0.6 is 0 Å². The number of anilines is 1. The summed E-state index contributed by atoms with van der Waals surface area (Å²) in [6.07, 6.45) is 0.662. The van der Waals surface area contributed by atoms with Crippen molar-refractivity contribution in [1.29, 1.82) is 0 Å². The van der Waals surface area contributed by atoms with Crippen molar-refractivity contribution in [1.82, 2.24) is 0 Å². The topological polar surface area (TPSA) is 59.3 Å². The van der Waals surface area contributed by atoms with E-state index in [-0.39, 0.29) is 11.7 Å². The summed E-state index contributed by atoms with van der Waals surface area (Å²) in [5.41, 5.74) is 4.35. The molecule has 1 heterocycles. The maximum absolute atomic E-state index is 12.4. The Morgan fingerprint density at radius 2 is 1.62 bits per heavy atom. The van der Waals surface area contributed by atoms with Crippen LogP contribution in [0.1, 0.15) is 32.0 Å². The van der Waals surface area contributed by atoms with Crippen molar-refractivity contribution in [3.63, 3.8) is 0 Å². The van der Waals surface area contributed by atoms with Gasteiger partial charge in [-0.05, 0) is 61.4 Å². The highest BCUT2D eigenvalue weighted by Gasteiger charge is 2.09. The lowest BCUT2D eigenvalue weighted by Gasteiger charge is -2.08. The average molecular weight is 319 g/mol. The Hall–Kier alpha value is -3.14. The molecule has 0 spiro atoms. The Kier molecular flexibility index (Phi) is 4.29. The molecular formula is C20H17NO3. The maximum Gasteiger partial charge on any atom is 0.255 e. The van der Waals surface area contributed by atoms with Gasteiger partial charge in [0.15, 0.2) is 12.0 Å². The second kappa shape index (κ2) is 6.54. The van der Waals surface area contributed by atoms with Gasteiger partial charge in [0.2, 0.25) is 0 Å². The first-order valence-corrected chi connectivity index (χ1v) is 7.60. The molecule has 0 saturated carbocycles. The molecule has 4 heteroatoms.